The highest BCUT2D eigenvalue weighted by Crippen LogP contribution is 2.52. The SMILES string of the molecule is CCCCCCCCCCCCc1cc(C2=C3C(=O)N(CC(CCCCCC)CCCCCCCC)C(c4cc(C)c(-c5ccc(C)s5)s4)=C3C(=O)N2CC(CCCCCC)CCCCCCCC)sc1-c1ccc(C)s1. The smallest absolute Gasteiger partial charge is 0.261 e. The average Bonchev–Trinajstić information content (AvgIpc) is 4.42. The minimum absolute atomic E-state index is 0.0653. The first-order valence-corrected chi connectivity index (χ1v) is 35.4. The lowest BCUT2D eigenvalue weighted by molar-refractivity contribution is -0.124. The molecule has 0 N–H and O–H groups in total. The summed E-state index contributed by atoms with van der Waals surface area (Å²) < 4.78 is 0. The van der Waals surface area contributed by atoms with Crippen LogP contribution in [0, 0.1) is 32.6 Å². The van der Waals surface area contributed by atoms with Crippen molar-refractivity contribution in [1.29, 1.82) is 0 Å². The largest absolute Gasteiger partial charge is 0.306 e. The van der Waals surface area contributed by atoms with Crippen LogP contribution in [-0.2, 0) is 16.0 Å². The van der Waals surface area contributed by atoms with E-state index in [1.165, 1.54) is 233 Å². The van der Waals surface area contributed by atoms with Crippen molar-refractivity contribution in [2.24, 2.45) is 11.8 Å². The van der Waals surface area contributed by atoms with E-state index in [0.717, 1.165) is 53.3 Å². The summed E-state index contributed by atoms with van der Waals surface area (Å²) in [5, 5.41) is 0. The zero-order valence-corrected chi connectivity index (χ0v) is 53.4. The third kappa shape index (κ3) is 19.2. The normalized spacial score (nSPS) is 14.6. The molecule has 6 heterocycles. The van der Waals surface area contributed by atoms with Crippen LogP contribution in [-0.4, -0.2) is 34.7 Å². The summed E-state index contributed by atoms with van der Waals surface area (Å²) in [6, 6.07) is 13.9. The zero-order chi connectivity index (χ0) is 54.8. The summed E-state index contributed by atoms with van der Waals surface area (Å²) >= 11 is 7.40. The van der Waals surface area contributed by atoms with Crippen molar-refractivity contribution >= 4 is 68.6 Å². The molecule has 0 radical (unpaired) electrons. The van der Waals surface area contributed by atoms with Crippen molar-refractivity contribution < 1.29 is 9.59 Å². The second kappa shape index (κ2) is 35.2. The molecule has 0 bridgehead atoms. The fourth-order valence-corrected chi connectivity index (χ4v) is 16.8. The number of aryl methyl sites for hydroxylation is 4. The van der Waals surface area contributed by atoms with E-state index in [-0.39, 0.29) is 11.8 Å². The van der Waals surface area contributed by atoms with Gasteiger partial charge in [-0.1, -0.05) is 221 Å². The molecule has 0 fully saturated rings. The predicted molar refractivity (Wildman–Crippen MR) is 343 cm³/mol. The van der Waals surface area contributed by atoms with Gasteiger partial charge in [-0.05, 0) is 119 Å². The van der Waals surface area contributed by atoms with Crippen molar-refractivity contribution in [3.63, 3.8) is 0 Å². The molecule has 2 amide bonds. The van der Waals surface area contributed by atoms with Gasteiger partial charge in [0.1, 0.15) is 0 Å². The number of hydrogen-bond acceptors (Lipinski definition) is 6. The van der Waals surface area contributed by atoms with Crippen molar-refractivity contribution in [1.82, 2.24) is 9.80 Å². The predicted octanol–water partition coefficient (Wildman–Crippen LogP) is 23.1. The molecule has 4 aromatic heterocycles. The molecule has 8 heteroatoms. The molecule has 2 aliphatic rings. The molecule has 0 saturated heterocycles. The van der Waals surface area contributed by atoms with Crippen molar-refractivity contribution in [3.05, 3.63) is 78.2 Å². The van der Waals surface area contributed by atoms with E-state index >= 15 is 9.59 Å². The van der Waals surface area contributed by atoms with E-state index in [2.05, 4.69) is 102 Å². The Morgan fingerprint density at radius 3 is 1.10 bits per heavy atom. The molecule has 4 aromatic rings. The second-order valence-electron chi connectivity index (χ2n) is 23.7. The molecule has 428 valence electrons. The topological polar surface area (TPSA) is 40.6 Å². The van der Waals surface area contributed by atoms with Gasteiger partial charge in [0, 0.05) is 42.4 Å². The van der Waals surface area contributed by atoms with Crippen LogP contribution in [0.4, 0.5) is 0 Å². The van der Waals surface area contributed by atoms with Crippen LogP contribution in [0.1, 0.15) is 284 Å². The molecule has 77 heavy (non-hydrogen) atoms. The fourth-order valence-electron chi connectivity index (χ4n) is 12.3. The fraction of sp³-hybridized carbons (Fsp3) is 0.681. The van der Waals surface area contributed by atoms with Gasteiger partial charge in [-0.25, -0.2) is 0 Å². The van der Waals surface area contributed by atoms with E-state index in [0.29, 0.717) is 36.1 Å². The molecule has 0 aliphatic carbocycles. The van der Waals surface area contributed by atoms with Gasteiger partial charge in [-0.3, -0.25) is 9.59 Å². The summed E-state index contributed by atoms with van der Waals surface area (Å²) in [7, 11) is 0. The number of nitrogens with zero attached hydrogens (tertiary/aromatic N) is 2. The Morgan fingerprint density at radius 1 is 0.377 bits per heavy atom. The first-order valence-electron chi connectivity index (χ1n) is 32.1. The quantitative estimate of drug-likeness (QED) is 0.0415. The lowest BCUT2D eigenvalue weighted by atomic mass is 9.93. The molecule has 4 nitrogen and oxygen atoms in total. The van der Waals surface area contributed by atoms with Gasteiger partial charge in [0.2, 0.25) is 0 Å². The van der Waals surface area contributed by atoms with E-state index in [9.17, 15) is 0 Å². The van der Waals surface area contributed by atoms with Crippen LogP contribution < -0.4 is 0 Å². The van der Waals surface area contributed by atoms with Gasteiger partial charge in [-0.2, -0.15) is 0 Å². The molecule has 0 aromatic carbocycles. The van der Waals surface area contributed by atoms with Gasteiger partial charge in [0.05, 0.1) is 32.3 Å². The molecule has 2 atom stereocenters. The molecular weight excluding hydrogens is 1020 g/mol. The van der Waals surface area contributed by atoms with Gasteiger partial charge in [0.15, 0.2) is 0 Å². The number of hydrogen-bond donors (Lipinski definition) is 0. The molecule has 2 aliphatic heterocycles. The highest BCUT2D eigenvalue weighted by atomic mass is 32.1. The van der Waals surface area contributed by atoms with Gasteiger partial charge < -0.3 is 9.80 Å². The van der Waals surface area contributed by atoms with Gasteiger partial charge in [0.25, 0.3) is 11.8 Å². The van der Waals surface area contributed by atoms with Gasteiger partial charge >= 0.3 is 0 Å². The molecule has 2 unspecified atom stereocenters. The monoisotopic (exact) mass is 1120 g/mol. The molecule has 0 spiro atoms. The number of carbonyl (C=O) groups excluding carboxylic acids is 2. The first kappa shape index (κ1) is 63.4. The minimum atomic E-state index is 0.0653. The summed E-state index contributed by atoms with van der Waals surface area (Å²) in [4.78, 5) is 46.8. The van der Waals surface area contributed by atoms with Crippen molar-refractivity contribution in [2.75, 3.05) is 13.1 Å². The molecule has 6 rings (SSSR count). The summed E-state index contributed by atoms with van der Waals surface area (Å²) in [6.45, 7) is 19.5. The Balaban J connectivity index is 1.46. The van der Waals surface area contributed by atoms with E-state index < -0.39 is 0 Å². The number of amides is 2. The van der Waals surface area contributed by atoms with Crippen LogP contribution in [0.15, 0.2) is 47.5 Å². The maximum absolute atomic E-state index is 16.2. The van der Waals surface area contributed by atoms with Crippen LogP contribution >= 0.6 is 45.3 Å². The van der Waals surface area contributed by atoms with E-state index in [1.54, 1.807) is 11.3 Å². The molecule has 0 saturated carbocycles. The second-order valence-corrected chi connectivity index (χ2v) is 28.3. The van der Waals surface area contributed by atoms with E-state index in [1.807, 2.05) is 34.0 Å². The summed E-state index contributed by atoms with van der Waals surface area (Å²) in [5.74, 6) is 0.908. The van der Waals surface area contributed by atoms with Crippen LogP contribution in [0.25, 0.3) is 30.9 Å². The Hall–Kier alpha value is -2.78. The zero-order valence-electron chi connectivity index (χ0n) is 50.1. The minimum Gasteiger partial charge on any atom is -0.306 e. The Morgan fingerprint density at radius 2 is 0.714 bits per heavy atom. The van der Waals surface area contributed by atoms with Crippen LogP contribution in [0.5, 0.6) is 0 Å². The van der Waals surface area contributed by atoms with Crippen LogP contribution in [0.3, 0.4) is 0 Å². The number of thiophene rings is 4. The summed E-state index contributed by atoms with van der Waals surface area (Å²) in [6.07, 6.45) is 43.9. The maximum Gasteiger partial charge on any atom is 0.261 e. The van der Waals surface area contributed by atoms with Gasteiger partial charge in [-0.15, -0.1) is 45.3 Å². The first-order chi connectivity index (χ1) is 37.6. The molecular formula is C69H106N2O2S4. The highest BCUT2D eigenvalue weighted by Gasteiger charge is 2.50. The number of fused-ring (bicyclic) bond motifs is 1. The van der Waals surface area contributed by atoms with Crippen molar-refractivity contribution in [2.45, 2.75) is 280 Å². The maximum atomic E-state index is 16.2. The number of unbranched alkanes of at least 4 members (excludes halogenated alkanes) is 25. The number of carbonyl (C=O) groups is 2. The Kier molecular flexibility index (Phi) is 29.0. The Bertz CT molecular complexity index is 2410. The lowest BCUT2D eigenvalue weighted by Gasteiger charge is -2.29. The summed E-state index contributed by atoms with van der Waals surface area (Å²) in [5.41, 5.74) is 5.82. The van der Waals surface area contributed by atoms with Crippen molar-refractivity contribution in [3.8, 4) is 19.5 Å². The third-order valence-corrected chi connectivity index (χ3v) is 21.6. The lowest BCUT2D eigenvalue weighted by Crippen LogP contribution is -2.34. The average molecular weight is 1120 g/mol. The highest BCUT2D eigenvalue weighted by molar-refractivity contribution is 7.23. The Labute approximate surface area is 487 Å². The number of rotatable bonds is 43. The third-order valence-electron chi connectivity index (χ3n) is 16.8. The van der Waals surface area contributed by atoms with E-state index in [4.69, 9.17) is 0 Å². The standard InChI is InChI=1S/C69H106N2O2S4/c1-9-14-19-24-27-28-29-30-33-38-43-57-49-61(77-67(57)59-47-45-54(8)75-59)65-63-62(68(72)71(65)51-56(40-35-23-18-13-5)42-37-32-26-21-16-11-3)64(60-48-52(6)66(76-60)58-46-44-53(7)74-58)70(69(63)73)50-55(39-34-22-17-12-4)41-36-31-25-20-15-10-2/h44-49,55-56H,9-43,50-51H2,1-8H3. The van der Waals surface area contributed by atoms with Crippen LogP contribution in [0.2, 0.25) is 0 Å².